The first-order valence-corrected chi connectivity index (χ1v) is 5.72. The molecule has 0 aliphatic heterocycles. The van der Waals surface area contributed by atoms with E-state index in [0.717, 1.165) is 22.8 Å². The molecule has 3 nitrogen and oxygen atoms in total. The highest BCUT2D eigenvalue weighted by atomic mass is 32.1. The lowest BCUT2D eigenvalue weighted by molar-refractivity contribution is -0.137. The monoisotopic (exact) mass is 266 g/mol. The largest absolute Gasteiger partial charge is 0.417 e. The molecule has 1 aromatic heterocycles. The van der Waals surface area contributed by atoms with Crippen LogP contribution in [0, 0.1) is 0 Å². The molecule has 0 saturated heterocycles. The van der Waals surface area contributed by atoms with E-state index in [9.17, 15) is 18.0 Å². The Labute approximate surface area is 101 Å². The molecule has 3 N–H and O–H groups in total. The lowest BCUT2D eigenvalue weighted by atomic mass is 10.1. The molecule has 0 aromatic carbocycles. The number of thiophene rings is 1. The third-order valence-corrected chi connectivity index (χ3v) is 3.04. The molecule has 0 unspecified atom stereocenters. The minimum atomic E-state index is -4.42. The van der Waals surface area contributed by atoms with Crippen LogP contribution in [0.15, 0.2) is 11.4 Å². The fourth-order valence-electron chi connectivity index (χ4n) is 1.02. The number of carbonyl (C=O) groups is 1. The summed E-state index contributed by atoms with van der Waals surface area (Å²) < 4.78 is 37.0. The molecular formula is C10H13F3N2OS. The van der Waals surface area contributed by atoms with Gasteiger partial charge in [-0.25, -0.2) is 0 Å². The summed E-state index contributed by atoms with van der Waals surface area (Å²) in [4.78, 5) is 11.7. The number of nitrogens with one attached hydrogen (secondary N) is 1. The van der Waals surface area contributed by atoms with E-state index in [2.05, 4.69) is 5.32 Å². The van der Waals surface area contributed by atoms with E-state index in [1.54, 1.807) is 13.8 Å². The summed E-state index contributed by atoms with van der Waals surface area (Å²) in [5.41, 5.74) is 3.97. The Balaban J connectivity index is 2.81. The summed E-state index contributed by atoms with van der Waals surface area (Å²) in [5, 5.41) is 3.49. The number of hydrogen-bond acceptors (Lipinski definition) is 3. The normalized spacial score (nSPS) is 12.6. The van der Waals surface area contributed by atoms with Gasteiger partial charge in [0.15, 0.2) is 0 Å². The Morgan fingerprint density at radius 3 is 2.47 bits per heavy atom. The van der Waals surface area contributed by atoms with Crippen molar-refractivity contribution in [3.63, 3.8) is 0 Å². The van der Waals surface area contributed by atoms with E-state index < -0.39 is 23.2 Å². The van der Waals surface area contributed by atoms with Gasteiger partial charge in [-0.05, 0) is 19.9 Å². The van der Waals surface area contributed by atoms with Crippen LogP contribution < -0.4 is 11.1 Å². The van der Waals surface area contributed by atoms with Crippen LogP contribution in [-0.2, 0) is 6.18 Å². The molecule has 0 bridgehead atoms. The molecule has 1 rings (SSSR count). The summed E-state index contributed by atoms with van der Waals surface area (Å²) in [5.74, 6) is -0.541. The first-order valence-electron chi connectivity index (χ1n) is 4.84. The Hall–Kier alpha value is -1.08. The van der Waals surface area contributed by atoms with Crippen molar-refractivity contribution >= 4 is 17.2 Å². The van der Waals surface area contributed by atoms with E-state index in [-0.39, 0.29) is 11.4 Å². The molecular weight excluding hydrogens is 253 g/mol. The Kier molecular flexibility index (Phi) is 3.83. The third-order valence-electron chi connectivity index (χ3n) is 2.11. The van der Waals surface area contributed by atoms with Crippen LogP contribution in [-0.4, -0.2) is 18.0 Å². The molecule has 17 heavy (non-hydrogen) atoms. The maximum atomic E-state index is 12.3. The van der Waals surface area contributed by atoms with Gasteiger partial charge in [-0.2, -0.15) is 13.2 Å². The van der Waals surface area contributed by atoms with Crippen LogP contribution in [0.25, 0.3) is 0 Å². The molecule has 0 aliphatic carbocycles. The number of carbonyl (C=O) groups excluding carboxylic acids is 1. The van der Waals surface area contributed by atoms with Gasteiger partial charge in [-0.1, -0.05) is 0 Å². The minimum Gasteiger partial charge on any atom is -0.345 e. The Morgan fingerprint density at radius 2 is 2.06 bits per heavy atom. The quantitative estimate of drug-likeness (QED) is 0.881. The average Bonchev–Trinajstić information content (AvgIpc) is 2.65. The number of hydrogen-bond donors (Lipinski definition) is 2. The van der Waals surface area contributed by atoms with Crippen molar-refractivity contribution in [2.75, 3.05) is 6.54 Å². The van der Waals surface area contributed by atoms with Crippen molar-refractivity contribution in [1.29, 1.82) is 0 Å². The second kappa shape index (κ2) is 4.66. The highest BCUT2D eigenvalue weighted by molar-refractivity contribution is 7.12. The maximum Gasteiger partial charge on any atom is 0.417 e. The fourth-order valence-corrected chi connectivity index (χ4v) is 1.83. The topological polar surface area (TPSA) is 55.1 Å². The van der Waals surface area contributed by atoms with Crippen LogP contribution >= 0.6 is 11.3 Å². The first-order chi connectivity index (χ1) is 7.65. The fraction of sp³-hybridized carbons (Fsp3) is 0.500. The van der Waals surface area contributed by atoms with Crippen LogP contribution in [0.3, 0.4) is 0 Å². The summed E-state index contributed by atoms with van der Waals surface area (Å²) in [6.45, 7) is 3.60. The summed E-state index contributed by atoms with van der Waals surface area (Å²) in [6.07, 6.45) is -4.42. The van der Waals surface area contributed by atoms with Gasteiger partial charge < -0.3 is 11.1 Å². The minimum absolute atomic E-state index is 0.0267. The van der Waals surface area contributed by atoms with Crippen molar-refractivity contribution in [1.82, 2.24) is 5.32 Å². The standard InChI is InChI=1S/C10H13F3N2OS/c1-9(2,5-14)15-8(16)7-3-6(4-17-7)10(11,12)13/h3-4H,5,14H2,1-2H3,(H,15,16). The number of alkyl halides is 3. The van der Waals surface area contributed by atoms with E-state index in [4.69, 9.17) is 5.73 Å². The Bertz CT molecular complexity index is 412. The van der Waals surface area contributed by atoms with Gasteiger partial charge in [-0.3, -0.25) is 4.79 Å². The van der Waals surface area contributed by atoms with Crippen LogP contribution in [0.5, 0.6) is 0 Å². The molecule has 0 aliphatic rings. The van der Waals surface area contributed by atoms with Crippen molar-refractivity contribution in [2.24, 2.45) is 5.73 Å². The zero-order valence-electron chi connectivity index (χ0n) is 9.39. The number of amides is 1. The van der Waals surface area contributed by atoms with Gasteiger partial charge in [-0.15, -0.1) is 11.3 Å². The summed E-state index contributed by atoms with van der Waals surface area (Å²) >= 11 is 0.763. The molecule has 96 valence electrons. The summed E-state index contributed by atoms with van der Waals surface area (Å²) in [6, 6.07) is 0.840. The van der Waals surface area contributed by atoms with Gasteiger partial charge in [0.1, 0.15) is 0 Å². The molecule has 1 heterocycles. The predicted molar refractivity (Wildman–Crippen MR) is 59.9 cm³/mol. The van der Waals surface area contributed by atoms with Gasteiger partial charge >= 0.3 is 6.18 Å². The lowest BCUT2D eigenvalue weighted by Gasteiger charge is -2.23. The smallest absolute Gasteiger partial charge is 0.345 e. The molecule has 0 radical (unpaired) electrons. The first kappa shape index (κ1) is 14.0. The Morgan fingerprint density at radius 1 is 1.47 bits per heavy atom. The van der Waals surface area contributed by atoms with Gasteiger partial charge in [0.25, 0.3) is 5.91 Å². The van der Waals surface area contributed by atoms with Crippen molar-refractivity contribution in [3.8, 4) is 0 Å². The molecule has 1 amide bonds. The van der Waals surface area contributed by atoms with Crippen LogP contribution in [0.2, 0.25) is 0 Å². The SMILES string of the molecule is CC(C)(CN)NC(=O)c1cc(C(F)(F)F)cs1. The summed E-state index contributed by atoms with van der Waals surface area (Å²) in [7, 11) is 0. The highest BCUT2D eigenvalue weighted by Gasteiger charge is 2.32. The molecule has 7 heteroatoms. The van der Waals surface area contributed by atoms with Gasteiger partial charge in [0, 0.05) is 17.5 Å². The van der Waals surface area contributed by atoms with E-state index >= 15 is 0 Å². The van der Waals surface area contributed by atoms with Gasteiger partial charge in [0.05, 0.1) is 10.4 Å². The second-order valence-corrected chi connectivity index (χ2v) is 5.15. The zero-order valence-corrected chi connectivity index (χ0v) is 10.2. The molecule has 0 saturated carbocycles. The second-order valence-electron chi connectivity index (χ2n) is 4.24. The molecule has 0 fully saturated rings. The third kappa shape index (κ3) is 3.71. The number of halogens is 3. The van der Waals surface area contributed by atoms with E-state index in [1.165, 1.54) is 0 Å². The van der Waals surface area contributed by atoms with E-state index in [0.29, 0.717) is 0 Å². The highest BCUT2D eigenvalue weighted by Crippen LogP contribution is 2.32. The average molecular weight is 266 g/mol. The molecule has 0 spiro atoms. The van der Waals surface area contributed by atoms with Crippen molar-refractivity contribution < 1.29 is 18.0 Å². The zero-order chi connectivity index (χ0) is 13.3. The van der Waals surface area contributed by atoms with Crippen molar-refractivity contribution in [3.05, 3.63) is 21.9 Å². The van der Waals surface area contributed by atoms with Crippen LogP contribution in [0.1, 0.15) is 29.1 Å². The molecule has 0 atom stereocenters. The number of rotatable bonds is 3. The lowest BCUT2D eigenvalue weighted by Crippen LogP contribution is -2.48. The molecule has 1 aromatic rings. The van der Waals surface area contributed by atoms with Gasteiger partial charge in [0.2, 0.25) is 0 Å². The van der Waals surface area contributed by atoms with Crippen molar-refractivity contribution in [2.45, 2.75) is 25.6 Å². The maximum absolute atomic E-state index is 12.3. The van der Waals surface area contributed by atoms with Crippen LogP contribution in [0.4, 0.5) is 13.2 Å². The van der Waals surface area contributed by atoms with E-state index in [1.807, 2.05) is 0 Å². The predicted octanol–water partition coefficient (Wildman–Crippen LogP) is 2.23. The number of nitrogens with two attached hydrogens (primary N) is 1.